The molecule has 1 saturated heterocycles. The number of thiophene rings is 2. The van der Waals surface area contributed by atoms with Crippen molar-refractivity contribution in [3.05, 3.63) is 44.8 Å². The van der Waals surface area contributed by atoms with Crippen molar-refractivity contribution >= 4 is 52.6 Å². The molecule has 3 rings (SSSR count). The van der Waals surface area contributed by atoms with Gasteiger partial charge in [-0.25, -0.2) is 0 Å². The van der Waals surface area contributed by atoms with E-state index in [0.717, 1.165) is 38.7 Å². The van der Waals surface area contributed by atoms with Crippen LogP contribution in [0.25, 0.3) is 0 Å². The van der Waals surface area contributed by atoms with E-state index in [0.29, 0.717) is 12.0 Å². The molecule has 8 heteroatoms. The van der Waals surface area contributed by atoms with Crippen LogP contribution in [-0.4, -0.2) is 56.8 Å². The molecule has 5 nitrogen and oxygen atoms in total. The highest BCUT2D eigenvalue weighted by molar-refractivity contribution is 14.0. The van der Waals surface area contributed by atoms with Crippen molar-refractivity contribution < 1.29 is 4.74 Å². The molecule has 0 bridgehead atoms. The SMILES string of the molecule is CN=C(NCC(C)c1cccs1)NCC(c1cccs1)N1CCOC(C)C1.I. The van der Waals surface area contributed by atoms with Crippen molar-refractivity contribution in [3.8, 4) is 0 Å². The first kappa shape index (κ1) is 23.6. The van der Waals surface area contributed by atoms with Gasteiger partial charge in [0.1, 0.15) is 0 Å². The zero-order valence-electron chi connectivity index (χ0n) is 16.8. The van der Waals surface area contributed by atoms with Crippen molar-refractivity contribution in [2.45, 2.75) is 31.9 Å². The van der Waals surface area contributed by atoms with Gasteiger partial charge < -0.3 is 15.4 Å². The second kappa shape index (κ2) is 12.1. The van der Waals surface area contributed by atoms with E-state index in [1.54, 1.807) is 0 Å². The summed E-state index contributed by atoms with van der Waals surface area (Å²) in [5.41, 5.74) is 0. The Morgan fingerprint density at radius 2 is 1.89 bits per heavy atom. The first-order chi connectivity index (χ1) is 13.2. The van der Waals surface area contributed by atoms with Gasteiger partial charge in [-0.3, -0.25) is 9.89 Å². The lowest BCUT2D eigenvalue weighted by Gasteiger charge is -2.37. The molecule has 0 radical (unpaired) electrons. The van der Waals surface area contributed by atoms with Crippen molar-refractivity contribution in [2.75, 3.05) is 39.8 Å². The van der Waals surface area contributed by atoms with Gasteiger partial charge in [0, 0.05) is 48.9 Å². The summed E-state index contributed by atoms with van der Waals surface area (Å²) in [6.45, 7) is 8.84. The lowest BCUT2D eigenvalue weighted by Crippen LogP contribution is -2.48. The monoisotopic (exact) mass is 534 g/mol. The quantitative estimate of drug-likeness (QED) is 0.318. The maximum absolute atomic E-state index is 5.73. The van der Waals surface area contributed by atoms with Crippen molar-refractivity contribution in [1.82, 2.24) is 15.5 Å². The Labute approximate surface area is 193 Å². The molecule has 0 spiro atoms. The van der Waals surface area contributed by atoms with Crippen molar-refractivity contribution in [2.24, 2.45) is 4.99 Å². The van der Waals surface area contributed by atoms with Gasteiger partial charge >= 0.3 is 0 Å². The van der Waals surface area contributed by atoms with Crippen LogP contribution in [0.1, 0.15) is 35.6 Å². The normalized spacial score (nSPS) is 20.2. The third-order valence-electron chi connectivity index (χ3n) is 4.88. The zero-order chi connectivity index (χ0) is 19.1. The van der Waals surface area contributed by atoms with E-state index in [1.807, 2.05) is 29.7 Å². The Morgan fingerprint density at radius 3 is 2.50 bits per heavy atom. The van der Waals surface area contributed by atoms with E-state index in [-0.39, 0.29) is 30.1 Å². The molecule has 0 aromatic carbocycles. The fourth-order valence-electron chi connectivity index (χ4n) is 3.35. The maximum atomic E-state index is 5.73. The first-order valence-electron chi connectivity index (χ1n) is 9.54. The predicted molar refractivity (Wildman–Crippen MR) is 132 cm³/mol. The first-order valence-corrected chi connectivity index (χ1v) is 11.3. The van der Waals surface area contributed by atoms with Gasteiger partial charge in [0.25, 0.3) is 0 Å². The molecule has 0 saturated carbocycles. The molecule has 1 fully saturated rings. The molecule has 1 aliphatic heterocycles. The van der Waals surface area contributed by atoms with Crippen molar-refractivity contribution in [3.63, 3.8) is 0 Å². The topological polar surface area (TPSA) is 48.9 Å². The summed E-state index contributed by atoms with van der Waals surface area (Å²) in [5.74, 6) is 1.33. The second-order valence-electron chi connectivity index (χ2n) is 6.96. The molecule has 3 unspecified atom stereocenters. The number of aliphatic imine (C=N–C) groups is 1. The molecule has 156 valence electrons. The van der Waals surface area contributed by atoms with Crippen LogP contribution in [0.2, 0.25) is 0 Å². The number of halogens is 1. The summed E-state index contributed by atoms with van der Waals surface area (Å²) in [6, 6.07) is 9.00. The van der Waals surface area contributed by atoms with Crippen LogP contribution >= 0.6 is 46.7 Å². The Kier molecular flexibility index (Phi) is 10.2. The molecule has 28 heavy (non-hydrogen) atoms. The van der Waals surface area contributed by atoms with Gasteiger partial charge in [0.05, 0.1) is 18.8 Å². The van der Waals surface area contributed by atoms with Gasteiger partial charge in [-0.1, -0.05) is 19.1 Å². The second-order valence-corrected chi connectivity index (χ2v) is 8.92. The Bertz CT molecular complexity index is 693. The number of ether oxygens (including phenoxy) is 1. The number of nitrogens with zero attached hydrogens (tertiary/aromatic N) is 2. The highest BCUT2D eigenvalue weighted by Gasteiger charge is 2.26. The summed E-state index contributed by atoms with van der Waals surface area (Å²) in [7, 11) is 1.84. The van der Waals surface area contributed by atoms with Crippen LogP contribution in [0.4, 0.5) is 0 Å². The average molecular weight is 535 g/mol. The highest BCUT2D eigenvalue weighted by atomic mass is 127. The Balaban J connectivity index is 0.00000280. The molecule has 1 aliphatic rings. The van der Waals surface area contributed by atoms with Crippen LogP contribution in [0.3, 0.4) is 0 Å². The molecule has 2 N–H and O–H groups in total. The third-order valence-corrected chi connectivity index (χ3v) is 6.95. The largest absolute Gasteiger partial charge is 0.376 e. The summed E-state index contributed by atoms with van der Waals surface area (Å²) in [6.07, 6.45) is 0.283. The van der Waals surface area contributed by atoms with Crippen LogP contribution in [0, 0.1) is 0 Å². The summed E-state index contributed by atoms with van der Waals surface area (Å²) >= 11 is 3.63. The number of rotatable bonds is 7. The van der Waals surface area contributed by atoms with E-state index in [1.165, 1.54) is 9.75 Å². The third kappa shape index (κ3) is 6.69. The molecule has 2 aromatic heterocycles. The zero-order valence-corrected chi connectivity index (χ0v) is 20.7. The molecule has 0 amide bonds. The fourth-order valence-corrected chi connectivity index (χ4v) is 5.00. The minimum absolute atomic E-state index is 0. The average Bonchev–Trinajstić information content (AvgIpc) is 3.38. The number of hydrogen-bond donors (Lipinski definition) is 2. The maximum Gasteiger partial charge on any atom is 0.191 e. The molecule has 0 aliphatic carbocycles. The van der Waals surface area contributed by atoms with Crippen LogP contribution in [0.5, 0.6) is 0 Å². The standard InChI is InChI=1S/C20H30N4OS2.HI/c1-15(18-6-4-10-26-18)12-22-20(21-3)23-13-17(19-7-5-11-27-19)24-8-9-25-16(2)14-24;/h4-7,10-11,15-17H,8-9,12-14H2,1-3H3,(H2,21,22,23);1H. The lowest BCUT2D eigenvalue weighted by atomic mass is 10.1. The fraction of sp³-hybridized carbons (Fsp3) is 0.550. The minimum Gasteiger partial charge on any atom is -0.376 e. The minimum atomic E-state index is 0. The summed E-state index contributed by atoms with van der Waals surface area (Å²) in [5, 5.41) is 11.3. The van der Waals surface area contributed by atoms with Gasteiger partial charge in [0.2, 0.25) is 0 Å². The lowest BCUT2D eigenvalue weighted by molar-refractivity contribution is -0.0334. The van der Waals surface area contributed by atoms with Gasteiger partial charge in [-0.15, -0.1) is 46.7 Å². The summed E-state index contributed by atoms with van der Waals surface area (Å²) < 4.78 is 5.73. The highest BCUT2D eigenvalue weighted by Crippen LogP contribution is 2.26. The van der Waals surface area contributed by atoms with E-state index >= 15 is 0 Å². The van der Waals surface area contributed by atoms with Gasteiger partial charge in [0.15, 0.2) is 5.96 Å². The molecule has 3 heterocycles. The summed E-state index contributed by atoms with van der Waals surface area (Å²) in [4.78, 5) is 9.72. The van der Waals surface area contributed by atoms with E-state index in [4.69, 9.17) is 4.74 Å². The van der Waals surface area contributed by atoms with Crippen molar-refractivity contribution in [1.29, 1.82) is 0 Å². The van der Waals surface area contributed by atoms with Crippen LogP contribution < -0.4 is 10.6 Å². The van der Waals surface area contributed by atoms with Gasteiger partial charge in [-0.2, -0.15) is 0 Å². The smallest absolute Gasteiger partial charge is 0.191 e. The van der Waals surface area contributed by atoms with Crippen LogP contribution in [0.15, 0.2) is 40.0 Å². The Hall–Kier alpha value is -0.680. The Morgan fingerprint density at radius 1 is 1.21 bits per heavy atom. The molecule has 3 atom stereocenters. The molecular formula is C20H31IN4OS2. The van der Waals surface area contributed by atoms with E-state index < -0.39 is 0 Å². The van der Waals surface area contributed by atoms with Crippen LogP contribution in [-0.2, 0) is 4.74 Å². The van der Waals surface area contributed by atoms with Gasteiger partial charge in [-0.05, 0) is 29.8 Å². The predicted octanol–water partition coefficient (Wildman–Crippen LogP) is 4.16. The number of nitrogens with one attached hydrogen (secondary N) is 2. The molecule has 2 aromatic rings. The number of guanidine groups is 1. The van der Waals surface area contributed by atoms with E-state index in [2.05, 4.69) is 69.4 Å². The van der Waals surface area contributed by atoms with E-state index in [9.17, 15) is 0 Å². The molecular weight excluding hydrogens is 503 g/mol. The number of morpholine rings is 1. The number of hydrogen-bond acceptors (Lipinski definition) is 5.